The standard InChI is InChI=1S/C24H30N4O3/c29-23(27-13-15-31-16-14-27)22(19-7-3-1-4-8-19)17-25-24(30)28-12-11-21(18-28)26-20-9-5-2-6-10-20/h1-10,21-22,26H,11-18H2,(H,25,30). The van der Waals surface area contributed by atoms with Crippen molar-refractivity contribution >= 4 is 17.6 Å². The Morgan fingerprint density at radius 1 is 0.935 bits per heavy atom. The molecule has 7 nitrogen and oxygen atoms in total. The van der Waals surface area contributed by atoms with E-state index in [4.69, 9.17) is 4.74 Å². The summed E-state index contributed by atoms with van der Waals surface area (Å²) in [5.41, 5.74) is 1.99. The van der Waals surface area contributed by atoms with Crippen LogP contribution >= 0.6 is 0 Å². The Bertz CT molecular complexity index is 856. The van der Waals surface area contributed by atoms with Crippen molar-refractivity contribution < 1.29 is 14.3 Å². The van der Waals surface area contributed by atoms with Crippen molar-refractivity contribution in [2.45, 2.75) is 18.4 Å². The highest BCUT2D eigenvalue weighted by atomic mass is 16.5. The summed E-state index contributed by atoms with van der Waals surface area (Å²) in [4.78, 5) is 29.7. The summed E-state index contributed by atoms with van der Waals surface area (Å²) in [5, 5.41) is 6.49. The van der Waals surface area contributed by atoms with Crippen LogP contribution in [0, 0.1) is 0 Å². The maximum atomic E-state index is 13.2. The third kappa shape index (κ3) is 5.55. The van der Waals surface area contributed by atoms with Gasteiger partial charge in [-0.15, -0.1) is 0 Å². The van der Waals surface area contributed by atoms with Crippen molar-refractivity contribution in [3.05, 3.63) is 66.2 Å². The molecule has 0 aliphatic carbocycles. The fourth-order valence-corrected chi connectivity index (χ4v) is 4.17. The Morgan fingerprint density at radius 3 is 2.32 bits per heavy atom. The van der Waals surface area contributed by atoms with Crippen LogP contribution in [0.15, 0.2) is 60.7 Å². The largest absolute Gasteiger partial charge is 0.380 e. The minimum Gasteiger partial charge on any atom is -0.380 e. The first-order chi connectivity index (χ1) is 15.2. The second-order valence-electron chi connectivity index (χ2n) is 8.03. The number of likely N-dealkylation sites (tertiary alicyclic amines) is 1. The number of ether oxygens (including phenoxy) is 1. The van der Waals surface area contributed by atoms with Crippen molar-refractivity contribution in [2.75, 3.05) is 51.3 Å². The van der Waals surface area contributed by atoms with Crippen molar-refractivity contribution in [3.8, 4) is 0 Å². The zero-order valence-electron chi connectivity index (χ0n) is 17.7. The first-order valence-electron chi connectivity index (χ1n) is 11.0. The molecule has 4 rings (SSSR count). The lowest BCUT2D eigenvalue weighted by atomic mass is 9.97. The summed E-state index contributed by atoms with van der Waals surface area (Å²) in [6.45, 7) is 3.93. The van der Waals surface area contributed by atoms with E-state index in [0.29, 0.717) is 39.4 Å². The Hall–Kier alpha value is -3.06. The van der Waals surface area contributed by atoms with E-state index in [1.54, 1.807) is 0 Å². The highest BCUT2D eigenvalue weighted by Crippen LogP contribution is 2.20. The Morgan fingerprint density at radius 2 is 1.61 bits per heavy atom. The molecule has 2 saturated heterocycles. The van der Waals surface area contributed by atoms with Gasteiger partial charge in [0, 0.05) is 44.5 Å². The molecule has 2 unspecified atom stereocenters. The van der Waals surface area contributed by atoms with Crippen LogP contribution in [-0.2, 0) is 9.53 Å². The molecule has 2 aromatic rings. The number of benzene rings is 2. The minimum atomic E-state index is -0.399. The molecule has 31 heavy (non-hydrogen) atoms. The predicted octanol–water partition coefficient (Wildman–Crippen LogP) is 2.52. The number of nitrogens with zero attached hydrogens (tertiary/aromatic N) is 2. The van der Waals surface area contributed by atoms with Crippen LogP contribution in [0.2, 0.25) is 0 Å². The van der Waals surface area contributed by atoms with Crippen LogP contribution < -0.4 is 10.6 Å². The summed E-state index contributed by atoms with van der Waals surface area (Å²) >= 11 is 0. The van der Waals surface area contributed by atoms with Gasteiger partial charge in [-0.1, -0.05) is 48.5 Å². The van der Waals surface area contributed by atoms with E-state index in [-0.39, 0.29) is 24.5 Å². The maximum Gasteiger partial charge on any atom is 0.317 e. The summed E-state index contributed by atoms with van der Waals surface area (Å²) in [6.07, 6.45) is 0.900. The molecule has 2 N–H and O–H groups in total. The number of hydrogen-bond acceptors (Lipinski definition) is 4. The third-order valence-corrected chi connectivity index (χ3v) is 5.90. The number of amides is 3. The van der Waals surface area contributed by atoms with Gasteiger partial charge >= 0.3 is 6.03 Å². The summed E-state index contributed by atoms with van der Waals surface area (Å²) in [7, 11) is 0. The van der Waals surface area contributed by atoms with Crippen LogP contribution in [0.3, 0.4) is 0 Å². The topological polar surface area (TPSA) is 73.9 Å². The van der Waals surface area contributed by atoms with Gasteiger partial charge in [0.25, 0.3) is 0 Å². The molecule has 0 bridgehead atoms. The lowest BCUT2D eigenvalue weighted by Gasteiger charge is -2.31. The second-order valence-corrected chi connectivity index (χ2v) is 8.03. The smallest absolute Gasteiger partial charge is 0.317 e. The van der Waals surface area contributed by atoms with Crippen LogP contribution in [0.5, 0.6) is 0 Å². The Labute approximate surface area is 183 Å². The Balaban J connectivity index is 1.34. The lowest BCUT2D eigenvalue weighted by molar-refractivity contribution is -0.136. The van der Waals surface area contributed by atoms with E-state index in [2.05, 4.69) is 10.6 Å². The molecule has 2 aromatic carbocycles. The van der Waals surface area contributed by atoms with E-state index in [9.17, 15) is 9.59 Å². The molecular weight excluding hydrogens is 392 g/mol. The van der Waals surface area contributed by atoms with Crippen LogP contribution in [-0.4, -0.2) is 73.7 Å². The molecule has 2 fully saturated rings. The zero-order valence-corrected chi connectivity index (χ0v) is 17.7. The fourth-order valence-electron chi connectivity index (χ4n) is 4.17. The van der Waals surface area contributed by atoms with Gasteiger partial charge in [-0.05, 0) is 24.1 Å². The highest BCUT2D eigenvalue weighted by molar-refractivity contribution is 5.85. The third-order valence-electron chi connectivity index (χ3n) is 5.90. The number of rotatable bonds is 6. The van der Waals surface area contributed by atoms with Gasteiger partial charge in [-0.2, -0.15) is 0 Å². The van der Waals surface area contributed by atoms with Crippen LogP contribution in [0.4, 0.5) is 10.5 Å². The second kappa shape index (κ2) is 10.3. The van der Waals surface area contributed by atoms with Gasteiger partial charge in [0.1, 0.15) is 0 Å². The first-order valence-corrected chi connectivity index (χ1v) is 11.0. The summed E-state index contributed by atoms with van der Waals surface area (Å²) in [6, 6.07) is 19.8. The molecule has 0 aromatic heterocycles. The van der Waals surface area contributed by atoms with Crippen LogP contribution in [0.25, 0.3) is 0 Å². The number of carbonyl (C=O) groups excluding carboxylic acids is 2. The van der Waals surface area contributed by atoms with Gasteiger partial charge in [0.05, 0.1) is 19.1 Å². The minimum absolute atomic E-state index is 0.0415. The molecule has 2 aliphatic heterocycles. The van der Waals surface area contributed by atoms with E-state index >= 15 is 0 Å². The molecule has 7 heteroatoms. The number of para-hydroxylation sites is 1. The molecule has 3 amide bonds. The van der Waals surface area contributed by atoms with Crippen molar-refractivity contribution in [2.24, 2.45) is 0 Å². The van der Waals surface area contributed by atoms with Gasteiger partial charge < -0.3 is 25.2 Å². The van der Waals surface area contributed by atoms with Gasteiger partial charge in [0.2, 0.25) is 5.91 Å². The molecule has 2 heterocycles. The van der Waals surface area contributed by atoms with Crippen molar-refractivity contribution in [1.29, 1.82) is 0 Å². The SMILES string of the molecule is O=C(NCC(C(=O)N1CCOCC1)c1ccccc1)N1CCC(Nc2ccccc2)C1. The van der Waals surface area contributed by atoms with E-state index in [1.807, 2.05) is 70.5 Å². The molecule has 0 radical (unpaired) electrons. The van der Waals surface area contributed by atoms with Crippen molar-refractivity contribution in [3.63, 3.8) is 0 Å². The Kier molecular flexibility index (Phi) is 7.04. The quantitative estimate of drug-likeness (QED) is 0.750. The number of hydrogen-bond donors (Lipinski definition) is 2. The molecule has 2 atom stereocenters. The molecule has 2 aliphatic rings. The van der Waals surface area contributed by atoms with E-state index < -0.39 is 5.92 Å². The predicted molar refractivity (Wildman–Crippen MR) is 120 cm³/mol. The number of nitrogens with one attached hydrogen (secondary N) is 2. The highest BCUT2D eigenvalue weighted by Gasteiger charge is 2.30. The summed E-state index contributed by atoms with van der Waals surface area (Å²) < 4.78 is 5.38. The number of morpholine rings is 1. The average molecular weight is 423 g/mol. The molecule has 0 saturated carbocycles. The molecule has 0 spiro atoms. The van der Waals surface area contributed by atoms with Gasteiger partial charge in [0.15, 0.2) is 0 Å². The average Bonchev–Trinajstić information content (AvgIpc) is 3.29. The monoisotopic (exact) mass is 422 g/mol. The van der Waals surface area contributed by atoms with E-state index in [0.717, 1.165) is 17.7 Å². The number of carbonyl (C=O) groups is 2. The van der Waals surface area contributed by atoms with Crippen LogP contribution in [0.1, 0.15) is 17.9 Å². The lowest BCUT2D eigenvalue weighted by Crippen LogP contribution is -2.47. The van der Waals surface area contributed by atoms with E-state index in [1.165, 1.54) is 0 Å². The maximum absolute atomic E-state index is 13.2. The fraction of sp³-hybridized carbons (Fsp3) is 0.417. The molecular formula is C24H30N4O3. The van der Waals surface area contributed by atoms with Crippen molar-refractivity contribution in [1.82, 2.24) is 15.1 Å². The summed E-state index contributed by atoms with van der Waals surface area (Å²) in [5.74, 6) is -0.357. The normalized spacial score (nSPS) is 19.7. The molecule has 164 valence electrons. The van der Waals surface area contributed by atoms with Gasteiger partial charge in [-0.25, -0.2) is 4.79 Å². The first kappa shape index (κ1) is 21.2. The van der Waals surface area contributed by atoms with Gasteiger partial charge in [-0.3, -0.25) is 4.79 Å². The zero-order chi connectivity index (χ0) is 21.5. The number of anilines is 1. The number of urea groups is 1.